The number of methoxy groups -OCH3 is 1. The minimum absolute atomic E-state index is 0.508. The first kappa shape index (κ1) is 9.11. The number of aromatic nitrogens is 2. The van der Waals surface area contributed by atoms with Crippen molar-refractivity contribution in [2.45, 2.75) is 6.54 Å². The molecule has 64 valence electrons. The van der Waals surface area contributed by atoms with Gasteiger partial charge in [0.1, 0.15) is 5.69 Å². The van der Waals surface area contributed by atoms with E-state index in [1.54, 1.807) is 11.8 Å². The summed E-state index contributed by atoms with van der Waals surface area (Å²) in [5.41, 5.74) is 0.605. The van der Waals surface area contributed by atoms with Gasteiger partial charge in [0.2, 0.25) is 0 Å². The summed E-state index contributed by atoms with van der Waals surface area (Å²) in [6, 6.07) is 0. The maximum Gasteiger partial charge on any atom is 0.129 e. The first-order valence-electron chi connectivity index (χ1n) is 3.46. The van der Waals surface area contributed by atoms with Gasteiger partial charge in [0.25, 0.3) is 0 Å². The molecule has 0 aromatic carbocycles. The Bertz CT molecular complexity index is 300. The number of hydrogen-bond acceptors (Lipinski definition) is 2. The molecule has 0 saturated carbocycles. The Labute approximate surface area is 76.3 Å². The zero-order valence-electron chi connectivity index (χ0n) is 6.75. The van der Waals surface area contributed by atoms with Crippen molar-refractivity contribution in [1.29, 1.82) is 0 Å². The van der Waals surface area contributed by atoms with Crippen LogP contribution in [0.1, 0.15) is 5.69 Å². The van der Waals surface area contributed by atoms with E-state index in [-0.39, 0.29) is 0 Å². The second-order valence-corrected chi connectivity index (χ2v) is 2.61. The molecule has 0 aliphatic heterocycles. The molecule has 1 aromatic heterocycles. The van der Waals surface area contributed by atoms with Crippen LogP contribution in [0.2, 0.25) is 5.02 Å². The van der Waals surface area contributed by atoms with Crippen molar-refractivity contribution in [2.75, 3.05) is 13.7 Å². The number of nitrogens with zero attached hydrogens (tertiary/aromatic N) is 2. The normalized spacial score (nSPS) is 9.75. The Morgan fingerprint density at radius 1 is 1.83 bits per heavy atom. The van der Waals surface area contributed by atoms with E-state index >= 15 is 0 Å². The van der Waals surface area contributed by atoms with E-state index in [0.717, 1.165) is 0 Å². The lowest BCUT2D eigenvalue weighted by atomic mass is 10.4. The van der Waals surface area contributed by atoms with Crippen LogP contribution in [0.4, 0.5) is 0 Å². The van der Waals surface area contributed by atoms with Crippen LogP contribution >= 0.6 is 11.6 Å². The van der Waals surface area contributed by atoms with Crippen LogP contribution in [0, 0.1) is 12.3 Å². The van der Waals surface area contributed by atoms with E-state index in [1.165, 1.54) is 6.20 Å². The van der Waals surface area contributed by atoms with Gasteiger partial charge in [0.05, 0.1) is 24.4 Å². The minimum Gasteiger partial charge on any atom is -0.383 e. The second-order valence-electron chi connectivity index (χ2n) is 2.20. The van der Waals surface area contributed by atoms with E-state index < -0.39 is 0 Å². The van der Waals surface area contributed by atoms with Crippen molar-refractivity contribution in [3.05, 3.63) is 16.9 Å². The van der Waals surface area contributed by atoms with E-state index in [9.17, 15) is 0 Å². The van der Waals surface area contributed by atoms with Crippen LogP contribution in [-0.4, -0.2) is 23.5 Å². The molecule has 0 radical (unpaired) electrons. The smallest absolute Gasteiger partial charge is 0.129 e. The molecule has 0 bridgehead atoms. The topological polar surface area (TPSA) is 27.1 Å². The van der Waals surface area contributed by atoms with Crippen LogP contribution in [0.25, 0.3) is 0 Å². The molecule has 3 nitrogen and oxygen atoms in total. The third-order valence-corrected chi connectivity index (χ3v) is 1.72. The van der Waals surface area contributed by atoms with Crippen LogP contribution < -0.4 is 0 Å². The lowest BCUT2D eigenvalue weighted by molar-refractivity contribution is 0.183. The third-order valence-electron chi connectivity index (χ3n) is 1.44. The van der Waals surface area contributed by atoms with Crippen LogP contribution in [-0.2, 0) is 11.3 Å². The molecule has 0 atom stereocenters. The van der Waals surface area contributed by atoms with Gasteiger partial charge in [0.15, 0.2) is 0 Å². The molecule has 0 fully saturated rings. The largest absolute Gasteiger partial charge is 0.383 e. The fraction of sp³-hybridized carbons (Fsp3) is 0.375. The Balaban J connectivity index is 2.79. The number of terminal acetylenes is 1. The highest BCUT2D eigenvalue weighted by Gasteiger charge is 2.04. The molecule has 1 rings (SSSR count). The summed E-state index contributed by atoms with van der Waals surface area (Å²) in [6.07, 6.45) is 6.77. The summed E-state index contributed by atoms with van der Waals surface area (Å²) in [5.74, 6) is 2.47. The highest BCUT2D eigenvalue weighted by atomic mass is 35.5. The van der Waals surface area contributed by atoms with Crippen molar-refractivity contribution in [3.63, 3.8) is 0 Å². The molecule has 0 aliphatic rings. The molecule has 0 unspecified atom stereocenters. The van der Waals surface area contributed by atoms with Crippen molar-refractivity contribution >= 4 is 11.6 Å². The Morgan fingerprint density at radius 2 is 2.58 bits per heavy atom. The van der Waals surface area contributed by atoms with Gasteiger partial charge >= 0.3 is 0 Å². The van der Waals surface area contributed by atoms with Gasteiger partial charge in [-0.25, -0.2) is 0 Å². The van der Waals surface area contributed by atoms with Gasteiger partial charge in [-0.1, -0.05) is 11.6 Å². The molecule has 0 N–H and O–H groups in total. The highest BCUT2D eigenvalue weighted by Crippen LogP contribution is 2.12. The van der Waals surface area contributed by atoms with Gasteiger partial charge in [-0.15, -0.1) is 6.42 Å². The van der Waals surface area contributed by atoms with Crippen molar-refractivity contribution in [3.8, 4) is 12.3 Å². The zero-order chi connectivity index (χ0) is 8.97. The predicted octanol–water partition coefficient (Wildman–Crippen LogP) is 1.16. The van der Waals surface area contributed by atoms with Gasteiger partial charge in [-0.05, 0) is 5.92 Å². The number of rotatable bonds is 3. The van der Waals surface area contributed by atoms with E-state index in [1.807, 2.05) is 0 Å². The Kier molecular flexibility index (Phi) is 3.15. The van der Waals surface area contributed by atoms with Gasteiger partial charge in [0, 0.05) is 7.11 Å². The summed E-state index contributed by atoms with van der Waals surface area (Å²) in [7, 11) is 1.63. The van der Waals surface area contributed by atoms with Crippen molar-refractivity contribution < 1.29 is 4.74 Å². The molecule has 1 heterocycles. The fourth-order valence-corrected chi connectivity index (χ4v) is 1.05. The van der Waals surface area contributed by atoms with Gasteiger partial charge < -0.3 is 4.74 Å². The summed E-state index contributed by atoms with van der Waals surface area (Å²) in [5, 5.41) is 4.49. The first-order chi connectivity index (χ1) is 5.79. The number of halogens is 1. The standard InChI is InChI=1S/C8H9ClN2O/c1-3-8-7(9)6-10-11(8)4-5-12-2/h1,6H,4-5H2,2H3. The zero-order valence-corrected chi connectivity index (χ0v) is 7.51. The number of ether oxygens (including phenoxy) is 1. The minimum atomic E-state index is 0.508. The number of hydrogen-bond donors (Lipinski definition) is 0. The first-order valence-corrected chi connectivity index (χ1v) is 3.84. The average molecular weight is 185 g/mol. The molecule has 0 amide bonds. The molecule has 1 aromatic rings. The van der Waals surface area contributed by atoms with Crippen LogP contribution in [0.3, 0.4) is 0 Å². The maximum atomic E-state index is 5.76. The highest BCUT2D eigenvalue weighted by molar-refractivity contribution is 6.31. The molecule has 0 aliphatic carbocycles. The second kappa shape index (κ2) is 4.15. The van der Waals surface area contributed by atoms with Crippen molar-refractivity contribution in [1.82, 2.24) is 9.78 Å². The summed E-state index contributed by atoms with van der Waals surface area (Å²) >= 11 is 5.76. The lowest BCUT2D eigenvalue weighted by Crippen LogP contribution is -2.07. The molecule has 12 heavy (non-hydrogen) atoms. The van der Waals surface area contributed by atoms with Crippen molar-refractivity contribution in [2.24, 2.45) is 0 Å². The summed E-state index contributed by atoms with van der Waals surface area (Å²) < 4.78 is 6.53. The van der Waals surface area contributed by atoms with E-state index in [4.69, 9.17) is 22.8 Å². The summed E-state index contributed by atoms with van der Waals surface area (Å²) in [6.45, 7) is 1.20. The summed E-state index contributed by atoms with van der Waals surface area (Å²) in [4.78, 5) is 0. The molecular weight excluding hydrogens is 176 g/mol. The van der Waals surface area contributed by atoms with Gasteiger partial charge in [-0.2, -0.15) is 5.10 Å². The quantitative estimate of drug-likeness (QED) is 0.660. The predicted molar refractivity (Wildman–Crippen MR) is 47.0 cm³/mol. The third kappa shape index (κ3) is 1.79. The van der Waals surface area contributed by atoms with E-state index in [0.29, 0.717) is 23.9 Å². The molecule has 4 heteroatoms. The molecule has 0 spiro atoms. The van der Waals surface area contributed by atoms with Crippen LogP contribution in [0.15, 0.2) is 6.20 Å². The Hall–Kier alpha value is -0.980. The molecular formula is C8H9ClN2O. The average Bonchev–Trinajstić information content (AvgIpc) is 2.43. The SMILES string of the molecule is C#Cc1c(Cl)cnn1CCOC. The van der Waals surface area contributed by atoms with Crippen LogP contribution in [0.5, 0.6) is 0 Å². The molecule has 0 saturated heterocycles. The van der Waals surface area contributed by atoms with E-state index in [2.05, 4.69) is 11.0 Å². The monoisotopic (exact) mass is 184 g/mol. The lowest BCUT2D eigenvalue weighted by Gasteiger charge is -2.01. The maximum absolute atomic E-state index is 5.76. The Morgan fingerprint density at radius 3 is 3.17 bits per heavy atom. The fourth-order valence-electron chi connectivity index (χ4n) is 0.853. The van der Waals surface area contributed by atoms with Gasteiger partial charge in [-0.3, -0.25) is 4.68 Å².